The van der Waals surface area contributed by atoms with Gasteiger partial charge in [-0.15, -0.1) is 16.7 Å². The van der Waals surface area contributed by atoms with Gasteiger partial charge in [-0.1, -0.05) is 17.3 Å². The zero-order valence-corrected chi connectivity index (χ0v) is 17.5. The molecule has 0 saturated heterocycles. The fourth-order valence-corrected chi connectivity index (χ4v) is 2.93. The normalized spacial score (nSPS) is 12.3. The number of alkyl halides is 1. The van der Waals surface area contributed by atoms with Crippen molar-refractivity contribution in [2.24, 2.45) is 0 Å². The van der Waals surface area contributed by atoms with Crippen molar-refractivity contribution in [2.45, 2.75) is 26.5 Å². The molecule has 1 aromatic heterocycles. The van der Waals surface area contributed by atoms with E-state index in [-0.39, 0.29) is 26.3 Å². The summed E-state index contributed by atoms with van der Waals surface area (Å²) in [6, 6.07) is 7.55. The zero-order valence-electron chi connectivity index (χ0n) is 16.8. The Morgan fingerprint density at radius 2 is 1.79 bits per heavy atom. The molecule has 1 aromatic carbocycles. The van der Waals surface area contributed by atoms with Gasteiger partial charge in [-0.3, -0.25) is 14.5 Å². The number of carbonyl (C=O) groups excluding carboxylic acids is 2. The first-order valence-electron chi connectivity index (χ1n) is 9.60. The van der Waals surface area contributed by atoms with Gasteiger partial charge in [0, 0.05) is 18.8 Å². The van der Waals surface area contributed by atoms with Gasteiger partial charge in [-0.05, 0) is 26.0 Å². The van der Waals surface area contributed by atoms with Gasteiger partial charge >= 0.3 is 11.9 Å². The van der Waals surface area contributed by atoms with Crippen LogP contribution < -0.4 is 0 Å². The van der Waals surface area contributed by atoms with Crippen LogP contribution in [0.15, 0.2) is 24.3 Å². The fraction of sp³-hybridized carbons (Fsp3) is 0.579. The highest BCUT2D eigenvalue weighted by molar-refractivity contribution is 6.17. The van der Waals surface area contributed by atoms with Gasteiger partial charge in [-0.2, -0.15) is 0 Å². The van der Waals surface area contributed by atoms with Crippen molar-refractivity contribution in [3.05, 3.63) is 24.3 Å². The van der Waals surface area contributed by atoms with Gasteiger partial charge < -0.3 is 14.2 Å². The second kappa shape index (κ2) is 12.4. The highest BCUT2D eigenvalue weighted by Gasteiger charge is 2.21. The number of hydrogen-bond donors (Lipinski definition) is 0. The molecule has 2 aromatic rings. The summed E-state index contributed by atoms with van der Waals surface area (Å²) >= 11 is 5.79. The molecule has 0 aliphatic rings. The molecular weight excluding hydrogens is 400 g/mol. The monoisotopic (exact) mass is 426 g/mol. The van der Waals surface area contributed by atoms with Crippen molar-refractivity contribution in [3.63, 3.8) is 0 Å². The molecule has 1 unspecified atom stereocenters. The molecule has 0 aliphatic carbocycles. The number of rotatable bonds is 13. The van der Waals surface area contributed by atoms with Gasteiger partial charge in [0.25, 0.3) is 0 Å². The first kappa shape index (κ1) is 23.1. The third-order valence-electron chi connectivity index (χ3n) is 4.05. The molecule has 0 spiro atoms. The van der Waals surface area contributed by atoms with Crippen LogP contribution >= 0.6 is 11.6 Å². The SMILES string of the molecule is CCOC(=O)CN(CCC(OCCCl)n1nnc2ccccc21)CC(=O)OCC. The van der Waals surface area contributed by atoms with Crippen molar-refractivity contribution in [3.8, 4) is 0 Å². The van der Waals surface area contributed by atoms with E-state index in [4.69, 9.17) is 25.8 Å². The molecule has 1 atom stereocenters. The minimum atomic E-state index is -0.451. The molecule has 0 saturated carbocycles. The first-order chi connectivity index (χ1) is 14.1. The summed E-state index contributed by atoms with van der Waals surface area (Å²) in [5.41, 5.74) is 1.58. The van der Waals surface area contributed by atoms with E-state index in [1.165, 1.54) is 0 Å². The standard InChI is InChI=1S/C19H27ClN4O5/c1-3-27-18(25)13-23(14-19(26)28-4-2)11-9-17(29-12-10-20)24-16-8-6-5-7-15(16)21-22-24/h5-8,17H,3-4,9-14H2,1-2H3. The minimum Gasteiger partial charge on any atom is -0.465 e. The van der Waals surface area contributed by atoms with Crippen LogP contribution in [0.2, 0.25) is 0 Å². The summed E-state index contributed by atoms with van der Waals surface area (Å²) in [7, 11) is 0. The third-order valence-corrected chi connectivity index (χ3v) is 4.20. The molecule has 0 fully saturated rings. The lowest BCUT2D eigenvalue weighted by atomic mass is 10.3. The van der Waals surface area contributed by atoms with Crippen LogP contribution in [-0.4, -0.2) is 77.2 Å². The Bertz CT molecular complexity index is 765. The van der Waals surface area contributed by atoms with Crippen molar-refractivity contribution in [1.29, 1.82) is 0 Å². The highest BCUT2D eigenvalue weighted by atomic mass is 35.5. The number of fused-ring (bicyclic) bond motifs is 1. The predicted octanol–water partition coefficient (Wildman–Crippen LogP) is 2.00. The molecule has 0 aliphatic heterocycles. The van der Waals surface area contributed by atoms with E-state index in [1.54, 1.807) is 23.4 Å². The Kier molecular flexibility index (Phi) is 9.82. The highest BCUT2D eigenvalue weighted by Crippen LogP contribution is 2.20. The van der Waals surface area contributed by atoms with Crippen LogP contribution in [-0.2, 0) is 23.8 Å². The Balaban J connectivity index is 2.11. The van der Waals surface area contributed by atoms with E-state index in [2.05, 4.69) is 10.3 Å². The quantitative estimate of drug-likeness (QED) is 0.354. The number of aromatic nitrogens is 3. The van der Waals surface area contributed by atoms with Gasteiger partial charge in [-0.25, -0.2) is 4.68 Å². The largest absolute Gasteiger partial charge is 0.465 e. The Hall–Kier alpha value is -2.23. The molecule has 0 N–H and O–H groups in total. The van der Waals surface area contributed by atoms with Crippen LogP contribution in [0, 0.1) is 0 Å². The second-order valence-corrected chi connectivity index (χ2v) is 6.52. The van der Waals surface area contributed by atoms with E-state index in [1.807, 2.05) is 24.3 Å². The minimum absolute atomic E-state index is 0.0208. The van der Waals surface area contributed by atoms with Crippen LogP contribution in [0.5, 0.6) is 0 Å². The van der Waals surface area contributed by atoms with Crippen LogP contribution in [0.4, 0.5) is 0 Å². The number of hydrogen-bond acceptors (Lipinski definition) is 8. The molecule has 1 heterocycles. The zero-order chi connectivity index (χ0) is 21.1. The maximum absolute atomic E-state index is 11.9. The van der Waals surface area contributed by atoms with Gasteiger partial charge in [0.1, 0.15) is 5.52 Å². The number of esters is 2. The van der Waals surface area contributed by atoms with Crippen LogP contribution in [0.25, 0.3) is 11.0 Å². The number of halogens is 1. The lowest BCUT2D eigenvalue weighted by molar-refractivity contribution is -0.148. The molecule has 0 amide bonds. The molecule has 10 heteroatoms. The molecule has 2 rings (SSSR count). The first-order valence-corrected chi connectivity index (χ1v) is 10.1. The van der Waals surface area contributed by atoms with E-state index in [0.717, 1.165) is 11.0 Å². The summed E-state index contributed by atoms with van der Waals surface area (Å²) < 4.78 is 17.6. The molecule has 0 bridgehead atoms. The number of nitrogens with zero attached hydrogens (tertiary/aromatic N) is 4. The van der Waals surface area contributed by atoms with Crippen molar-refractivity contribution < 1.29 is 23.8 Å². The molecule has 160 valence electrons. The Labute approximate surface area is 174 Å². The summed E-state index contributed by atoms with van der Waals surface area (Å²) in [6.07, 6.45) is 0.0105. The summed E-state index contributed by atoms with van der Waals surface area (Å²) in [4.78, 5) is 25.5. The number of carbonyl (C=O) groups is 2. The van der Waals surface area contributed by atoms with E-state index >= 15 is 0 Å². The molecule has 9 nitrogen and oxygen atoms in total. The fourth-order valence-electron chi connectivity index (χ4n) is 2.84. The summed E-state index contributed by atoms with van der Waals surface area (Å²) in [5, 5.41) is 8.36. The predicted molar refractivity (Wildman–Crippen MR) is 108 cm³/mol. The van der Waals surface area contributed by atoms with E-state index in [9.17, 15) is 9.59 Å². The topological polar surface area (TPSA) is 95.8 Å². The van der Waals surface area contributed by atoms with Gasteiger partial charge in [0.2, 0.25) is 0 Å². The lowest BCUT2D eigenvalue weighted by Crippen LogP contribution is -2.38. The smallest absolute Gasteiger partial charge is 0.320 e. The average molecular weight is 427 g/mol. The lowest BCUT2D eigenvalue weighted by Gasteiger charge is -2.24. The molecule has 0 radical (unpaired) electrons. The maximum atomic E-state index is 11.9. The molecular formula is C19H27ClN4O5. The number of ether oxygens (including phenoxy) is 3. The van der Waals surface area contributed by atoms with E-state index < -0.39 is 18.2 Å². The number of para-hydroxylation sites is 1. The number of benzene rings is 1. The van der Waals surface area contributed by atoms with E-state index in [0.29, 0.717) is 25.5 Å². The van der Waals surface area contributed by atoms with Crippen molar-refractivity contribution in [1.82, 2.24) is 19.9 Å². The maximum Gasteiger partial charge on any atom is 0.320 e. The van der Waals surface area contributed by atoms with Crippen LogP contribution in [0.3, 0.4) is 0 Å². The van der Waals surface area contributed by atoms with Gasteiger partial charge in [0.05, 0.1) is 38.4 Å². The molecule has 29 heavy (non-hydrogen) atoms. The van der Waals surface area contributed by atoms with Crippen molar-refractivity contribution in [2.75, 3.05) is 45.3 Å². The van der Waals surface area contributed by atoms with Crippen molar-refractivity contribution >= 4 is 34.6 Å². The van der Waals surface area contributed by atoms with Crippen LogP contribution in [0.1, 0.15) is 26.5 Å². The summed E-state index contributed by atoms with van der Waals surface area (Å²) in [6.45, 7) is 4.70. The Morgan fingerprint density at radius 1 is 1.14 bits per heavy atom. The Morgan fingerprint density at radius 3 is 2.41 bits per heavy atom. The summed E-state index contributed by atoms with van der Waals surface area (Å²) in [5.74, 6) is -0.471. The van der Waals surface area contributed by atoms with Gasteiger partial charge in [0.15, 0.2) is 6.23 Å². The second-order valence-electron chi connectivity index (χ2n) is 6.15. The third kappa shape index (κ3) is 7.26. The average Bonchev–Trinajstić information content (AvgIpc) is 3.12.